The van der Waals surface area contributed by atoms with Gasteiger partial charge in [0.1, 0.15) is 11.4 Å². The molecule has 1 heterocycles. The number of hydrogen-bond donors (Lipinski definition) is 3. The van der Waals surface area contributed by atoms with Crippen LogP contribution in [-0.2, 0) is 6.42 Å². The number of hydrogen-bond acceptors (Lipinski definition) is 4. The first-order valence-corrected chi connectivity index (χ1v) is 7.87. The Morgan fingerprint density at radius 3 is 2.67 bits per heavy atom. The van der Waals surface area contributed by atoms with Crippen LogP contribution >= 0.6 is 0 Å². The van der Waals surface area contributed by atoms with Crippen molar-refractivity contribution in [1.29, 1.82) is 0 Å². The normalized spacial score (nSPS) is 13.4. The lowest BCUT2D eigenvalue weighted by molar-refractivity contribution is 0.0951. The summed E-state index contributed by atoms with van der Waals surface area (Å²) >= 11 is 0. The molecule has 0 aliphatic heterocycles. The van der Waals surface area contributed by atoms with Gasteiger partial charge < -0.3 is 15.7 Å². The van der Waals surface area contributed by atoms with E-state index in [1.165, 1.54) is 13.1 Å². The number of nitrogens with zero attached hydrogens (tertiary/aromatic N) is 1. The second kappa shape index (κ2) is 6.70. The largest absolute Gasteiger partial charge is 0.508 e. The average Bonchev–Trinajstić information content (AvgIpc) is 3.37. The number of aromatic nitrogens is 1. The van der Waals surface area contributed by atoms with E-state index in [9.17, 15) is 14.7 Å². The minimum Gasteiger partial charge on any atom is -0.508 e. The number of aromatic hydroxyl groups is 1. The summed E-state index contributed by atoms with van der Waals surface area (Å²) in [5.74, 6) is -0.364. The van der Waals surface area contributed by atoms with E-state index in [-0.39, 0.29) is 29.3 Å². The highest BCUT2D eigenvalue weighted by Gasteiger charge is 2.24. The number of phenols is 1. The molecule has 0 unspecified atom stereocenters. The number of phenolic OH excluding ortho intramolecular Hbond substituents is 1. The van der Waals surface area contributed by atoms with Crippen LogP contribution in [0.5, 0.6) is 5.75 Å². The van der Waals surface area contributed by atoms with E-state index in [0.29, 0.717) is 17.7 Å². The van der Waals surface area contributed by atoms with Crippen LogP contribution in [-0.4, -0.2) is 35.0 Å². The van der Waals surface area contributed by atoms with E-state index < -0.39 is 0 Å². The first-order valence-electron chi connectivity index (χ1n) is 7.87. The highest BCUT2D eigenvalue weighted by Crippen LogP contribution is 2.20. The average molecular weight is 325 g/mol. The second-order valence-electron chi connectivity index (χ2n) is 5.91. The van der Waals surface area contributed by atoms with Crippen LogP contribution in [0.25, 0.3) is 0 Å². The molecule has 1 aliphatic carbocycles. The van der Waals surface area contributed by atoms with Gasteiger partial charge in [-0.1, -0.05) is 12.1 Å². The predicted molar refractivity (Wildman–Crippen MR) is 89.0 cm³/mol. The molecule has 124 valence electrons. The van der Waals surface area contributed by atoms with E-state index in [4.69, 9.17) is 0 Å². The second-order valence-corrected chi connectivity index (χ2v) is 5.91. The van der Waals surface area contributed by atoms with E-state index in [1.807, 2.05) is 6.07 Å². The maximum Gasteiger partial charge on any atom is 0.269 e. The minimum atomic E-state index is -0.340. The zero-order chi connectivity index (χ0) is 17.1. The molecule has 0 atom stereocenters. The zero-order valence-corrected chi connectivity index (χ0v) is 13.4. The molecule has 1 aromatic heterocycles. The Morgan fingerprint density at radius 1 is 1.21 bits per heavy atom. The molecule has 1 saturated carbocycles. The Bertz CT molecular complexity index is 785. The van der Waals surface area contributed by atoms with E-state index >= 15 is 0 Å². The molecule has 0 bridgehead atoms. The third-order valence-electron chi connectivity index (χ3n) is 3.81. The Hall–Kier alpha value is -2.89. The number of carbonyl (C=O) groups excluding carboxylic acids is 2. The molecular weight excluding hydrogens is 306 g/mol. The molecule has 6 nitrogen and oxygen atoms in total. The van der Waals surface area contributed by atoms with Crippen molar-refractivity contribution in [2.24, 2.45) is 0 Å². The smallest absolute Gasteiger partial charge is 0.269 e. The molecule has 0 radical (unpaired) electrons. The lowest BCUT2D eigenvalue weighted by Gasteiger charge is -2.09. The quantitative estimate of drug-likeness (QED) is 0.779. The van der Waals surface area contributed by atoms with Crippen molar-refractivity contribution in [3.63, 3.8) is 0 Å². The maximum atomic E-state index is 12.3. The van der Waals surface area contributed by atoms with Crippen molar-refractivity contribution in [1.82, 2.24) is 15.6 Å². The molecule has 6 heteroatoms. The van der Waals surface area contributed by atoms with Gasteiger partial charge in [0.2, 0.25) is 0 Å². The lowest BCUT2D eigenvalue weighted by atomic mass is 10.1. The summed E-state index contributed by atoms with van der Waals surface area (Å²) in [5.41, 5.74) is 2.08. The zero-order valence-electron chi connectivity index (χ0n) is 13.4. The van der Waals surface area contributed by atoms with Crippen LogP contribution < -0.4 is 10.6 Å². The Kier molecular flexibility index (Phi) is 4.46. The van der Waals surface area contributed by atoms with E-state index in [2.05, 4.69) is 15.6 Å². The van der Waals surface area contributed by atoms with Crippen LogP contribution in [0.3, 0.4) is 0 Å². The lowest BCUT2D eigenvalue weighted by Crippen LogP contribution is -2.27. The standard InChI is InChI=1S/C18H19N3O3/c1-19-18(24)16-10-12(17(23)21-13-5-6-13)9-14(20-16)7-11-3-2-4-15(22)8-11/h2-4,8-10,13,22H,5-7H2,1H3,(H,19,24)(H,21,23). The first kappa shape index (κ1) is 16.0. The predicted octanol–water partition coefficient (Wildman–Crippen LogP) is 1.63. The van der Waals surface area contributed by atoms with Gasteiger partial charge in [-0.2, -0.15) is 0 Å². The highest BCUT2D eigenvalue weighted by atomic mass is 16.3. The molecule has 3 rings (SSSR count). The molecule has 0 saturated heterocycles. The molecular formula is C18H19N3O3. The van der Waals surface area contributed by atoms with Gasteiger partial charge in [0.05, 0.1) is 0 Å². The van der Waals surface area contributed by atoms with Crippen molar-refractivity contribution >= 4 is 11.8 Å². The third kappa shape index (κ3) is 3.90. The van der Waals surface area contributed by atoms with Crippen LogP contribution in [0.2, 0.25) is 0 Å². The van der Waals surface area contributed by atoms with Gasteiger partial charge in [-0.3, -0.25) is 9.59 Å². The van der Waals surface area contributed by atoms with Gasteiger partial charge in [0, 0.05) is 30.8 Å². The minimum absolute atomic E-state index is 0.168. The number of pyridine rings is 1. The Labute approximate surface area is 139 Å². The van der Waals surface area contributed by atoms with Gasteiger partial charge in [-0.15, -0.1) is 0 Å². The van der Waals surface area contributed by atoms with Crippen LogP contribution in [0.1, 0.15) is 44.9 Å². The molecule has 2 amide bonds. The van der Waals surface area contributed by atoms with E-state index in [1.54, 1.807) is 24.3 Å². The number of benzene rings is 1. The Balaban J connectivity index is 1.91. The molecule has 24 heavy (non-hydrogen) atoms. The highest BCUT2D eigenvalue weighted by molar-refractivity contribution is 5.98. The SMILES string of the molecule is CNC(=O)c1cc(C(=O)NC2CC2)cc(Cc2cccc(O)c2)n1. The maximum absolute atomic E-state index is 12.3. The van der Waals surface area contributed by atoms with Crippen molar-refractivity contribution in [2.45, 2.75) is 25.3 Å². The monoisotopic (exact) mass is 325 g/mol. The fraction of sp³-hybridized carbons (Fsp3) is 0.278. The van der Waals surface area contributed by atoms with E-state index in [0.717, 1.165) is 18.4 Å². The van der Waals surface area contributed by atoms with Gasteiger partial charge in [-0.25, -0.2) is 4.98 Å². The van der Waals surface area contributed by atoms with Crippen molar-refractivity contribution in [3.05, 3.63) is 58.9 Å². The van der Waals surface area contributed by atoms with Crippen molar-refractivity contribution in [2.75, 3.05) is 7.05 Å². The summed E-state index contributed by atoms with van der Waals surface area (Å²) in [6, 6.07) is 10.3. The number of nitrogens with one attached hydrogen (secondary N) is 2. The topological polar surface area (TPSA) is 91.3 Å². The number of carbonyl (C=O) groups is 2. The first-order chi connectivity index (χ1) is 11.5. The van der Waals surface area contributed by atoms with Crippen LogP contribution in [0.4, 0.5) is 0 Å². The molecule has 0 spiro atoms. The summed E-state index contributed by atoms with van der Waals surface area (Å²) in [6.45, 7) is 0. The fourth-order valence-corrected chi connectivity index (χ4v) is 2.43. The summed E-state index contributed by atoms with van der Waals surface area (Å²) in [7, 11) is 1.52. The summed E-state index contributed by atoms with van der Waals surface area (Å²) in [5, 5.41) is 15.0. The van der Waals surface area contributed by atoms with Crippen molar-refractivity contribution in [3.8, 4) is 5.75 Å². The molecule has 1 aliphatic rings. The Morgan fingerprint density at radius 2 is 2.00 bits per heavy atom. The number of amides is 2. The van der Waals surface area contributed by atoms with Gasteiger partial charge in [0.15, 0.2) is 0 Å². The summed E-state index contributed by atoms with van der Waals surface area (Å²) in [4.78, 5) is 28.6. The van der Waals surface area contributed by atoms with Gasteiger partial charge in [-0.05, 0) is 42.7 Å². The summed E-state index contributed by atoms with van der Waals surface area (Å²) < 4.78 is 0. The van der Waals surface area contributed by atoms with Crippen molar-refractivity contribution < 1.29 is 14.7 Å². The van der Waals surface area contributed by atoms with Gasteiger partial charge in [0.25, 0.3) is 11.8 Å². The molecule has 1 fully saturated rings. The number of rotatable bonds is 5. The molecule has 1 aromatic carbocycles. The molecule has 3 N–H and O–H groups in total. The van der Waals surface area contributed by atoms with Gasteiger partial charge >= 0.3 is 0 Å². The van der Waals surface area contributed by atoms with Crippen LogP contribution in [0.15, 0.2) is 36.4 Å². The third-order valence-corrected chi connectivity index (χ3v) is 3.81. The fourth-order valence-electron chi connectivity index (χ4n) is 2.43. The molecule has 2 aromatic rings. The van der Waals surface area contributed by atoms with Crippen LogP contribution in [0, 0.1) is 0 Å². The summed E-state index contributed by atoms with van der Waals surface area (Å²) in [6.07, 6.45) is 2.41.